The SMILES string of the molecule is CCOC(=O)[C@@H]1CCCN(C(=O)c2cc(C)cc(Br)c2)C1. The highest BCUT2D eigenvalue weighted by atomic mass is 79.9. The van der Waals surface area contributed by atoms with Crippen LogP contribution >= 0.6 is 15.9 Å². The lowest BCUT2D eigenvalue weighted by atomic mass is 9.97. The summed E-state index contributed by atoms with van der Waals surface area (Å²) in [5.41, 5.74) is 1.69. The summed E-state index contributed by atoms with van der Waals surface area (Å²) in [4.78, 5) is 26.2. The maximum atomic E-state index is 12.6. The number of ether oxygens (including phenoxy) is 1. The molecule has 1 aromatic rings. The van der Waals surface area contributed by atoms with Crippen molar-refractivity contribution >= 4 is 27.8 Å². The third-order valence-electron chi connectivity index (χ3n) is 3.62. The zero-order valence-electron chi connectivity index (χ0n) is 12.4. The first-order valence-electron chi connectivity index (χ1n) is 7.24. The molecule has 0 aromatic heterocycles. The van der Waals surface area contributed by atoms with E-state index in [2.05, 4.69) is 15.9 Å². The second-order valence-electron chi connectivity index (χ2n) is 5.36. The van der Waals surface area contributed by atoms with Crippen LogP contribution in [0.25, 0.3) is 0 Å². The summed E-state index contributed by atoms with van der Waals surface area (Å²) in [5, 5.41) is 0. The summed E-state index contributed by atoms with van der Waals surface area (Å²) in [5.74, 6) is -0.412. The number of aryl methyl sites for hydroxylation is 1. The molecule has 0 bridgehead atoms. The maximum absolute atomic E-state index is 12.6. The predicted octanol–water partition coefficient (Wildman–Crippen LogP) is 3.17. The number of esters is 1. The predicted molar refractivity (Wildman–Crippen MR) is 84.1 cm³/mol. The fraction of sp³-hybridized carbons (Fsp3) is 0.500. The molecule has 21 heavy (non-hydrogen) atoms. The van der Waals surface area contributed by atoms with E-state index in [-0.39, 0.29) is 17.8 Å². The highest BCUT2D eigenvalue weighted by molar-refractivity contribution is 9.10. The molecule has 1 atom stereocenters. The van der Waals surface area contributed by atoms with Crippen molar-refractivity contribution in [1.29, 1.82) is 0 Å². The molecule has 0 saturated carbocycles. The number of likely N-dealkylation sites (tertiary alicyclic amines) is 1. The fourth-order valence-corrected chi connectivity index (χ4v) is 3.26. The summed E-state index contributed by atoms with van der Waals surface area (Å²) < 4.78 is 5.96. The zero-order chi connectivity index (χ0) is 15.4. The summed E-state index contributed by atoms with van der Waals surface area (Å²) in [6.45, 7) is 5.28. The molecule has 0 aliphatic carbocycles. The Balaban J connectivity index is 2.10. The van der Waals surface area contributed by atoms with Gasteiger partial charge in [-0.25, -0.2) is 0 Å². The number of rotatable bonds is 3. The van der Waals surface area contributed by atoms with E-state index in [1.807, 2.05) is 25.1 Å². The van der Waals surface area contributed by atoms with Crippen molar-refractivity contribution in [3.63, 3.8) is 0 Å². The van der Waals surface area contributed by atoms with E-state index in [9.17, 15) is 9.59 Å². The van der Waals surface area contributed by atoms with Gasteiger partial charge < -0.3 is 9.64 Å². The first-order chi connectivity index (χ1) is 10.0. The Hall–Kier alpha value is -1.36. The van der Waals surface area contributed by atoms with Crippen molar-refractivity contribution in [1.82, 2.24) is 4.90 Å². The zero-order valence-corrected chi connectivity index (χ0v) is 14.0. The van der Waals surface area contributed by atoms with E-state index in [1.54, 1.807) is 11.8 Å². The molecule has 4 nitrogen and oxygen atoms in total. The molecule has 1 fully saturated rings. The largest absolute Gasteiger partial charge is 0.466 e. The van der Waals surface area contributed by atoms with Crippen LogP contribution in [0, 0.1) is 12.8 Å². The summed E-state index contributed by atoms with van der Waals surface area (Å²) in [6.07, 6.45) is 1.63. The van der Waals surface area contributed by atoms with Crippen molar-refractivity contribution in [3.05, 3.63) is 33.8 Å². The van der Waals surface area contributed by atoms with Gasteiger partial charge in [-0.1, -0.05) is 15.9 Å². The number of piperidine rings is 1. The number of hydrogen-bond donors (Lipinski definition) is 0. The number of nitrogens with zero attached hydrogens (tertiary/aromatic N) is 1. The molecule has 5 heteroatoms. The topological polar surface area (TPSA) is 46.6 Å². The molecular formula is C16H20BrNO3. The van der Waals surface area contributed by atoms with Gasteiger partial charge in [0.15, 0.2) is 0 Å². The molecule has 114 valence electrons. The molecule has 1 aliphatic rings. The fourth-order valence-electron chi connectivity index (χ4n) is 2.66. The van der Waals surface area contributed by atoms with Crippen molar-refractivity contribution in [2.24, 2.45) is 5.92 Å². The number of benzene rings is 1. The van der Waals surface area contributed by atoms with Crippen LogP contribution in [0.1, 0.15) is 35.7 Å². The van der Waals surface area contributed by atoms with Crippen LogP contribution in [0.4, 0.5) is 0 Å². The second-order valence-corrected chi connectivity index (χ2v) is 6.28. The van der Waals surface area contributed by atoms with Crippen molar-refractivity contribution in [3.8, 4) is 0 Å². The maximum Gasteiger partial charge on any atom is 0.310 e. The quantitative estimate of drug-likeness (QED) is 0.784. The highest BCUT2D eigenvalue weighted by Gasteiger charge is 2.29. The van der Waals surface area contributed by atoms with Gasteiger partial charge in [0.1, 0.15) is 0 Å². The molecule has 1 heterocycles. The van der Waals surface area contributed by atoms with Gasteiger partial charge >= 0.3 is 5.97 Å². The first kappa shape index (κ1) is 16.0. The molecule has 0 radical (unpaired) electrons. The van der Waals surface area contributed by atoms with Gasteiger partial charge in [0, 0.05) is 23.1 Å². The van der Waals surface area contributed by atoms with Crippen LogP contribution in [-0.4, -0.2) is 36.5 Å². The van der Waals surface area contributed by atoms with Crippen LogP contribution in [0.5, 0.6) is 0 Å². The summed E-state index contributed by atoms with van der Waals surface area (Å²) >= 11 is 3.42. The average Bonchev–Trinajstić information content (AvgIpc) is 2.46. The molecule has 2 rings (SSSR count). The normalized spacial score (nSPS) is 18.4. The molecule has 0 N–H and O–H groups in total. The Morgan fingerprint density at radius 1 is 1.38 bits per heavy atom. The van der Waals surface area contributed by atoms with Gasteiger partial charge in [0.05, 0.1) is 12.5 Å². The van der Waals surface area contributed by atoms with Crippen LogP contribution in [-0.2, 0) is 9.53 Å². The third-order valence-corrected chi connectivity index (χ3v) is 4.08. The van der Waals surface area contributed by atoms with E-state index in [0.29, 0.717) is 25.3 Å². The smallest absolute Gasteiger partial charge is 0.310 e. The van der Waals surface area contributed by atoms with Crippen LogP contribution in [0.2, 0.25) is 0 Å². The van der Waals surface area contributed by atoms with Crippen LogP contribution in [0.15, 0.2) is 22.7 Å². The van der Waals surface area contributed by atoms with E-state index in [4.69, 9.17) is 4.74 Å². The molecule has 1 aromatic carbocycles. The van der Waals surface area contributed by atoms with Crippen molar-refractivity contribution in [2.75, 3.05) is 19.7 Å². The monoisotopic (exact) mass is 353 g/mol. The average molecular weight is 354 g/mol. The highest BCUT2D eigenvalue weighted by Crippen LogP contribution is 2.22. The standard InChI is InChI=1S/C16H20BrNO3/c1-3-21-16(20)12-5-4-6-18(10-12)15(19)13-7-11(2)8-14(17)9-13/h7-9,12H,3-6,10H2,1-2H3/t12-/m1/s1. The minimum Gasteiger partial charge on any atom is -0.466 e. The number of carbonyl (C=O) groups excluding carboxylic acids is 2. The lowest BCUT2D eigenvalue weighted by molar-refractivity contribution is -0.149. The van der Waals surface area contributed by atoms with Gasteiger partial charge in [-0.3, -0.25) is 9.59 Å². The molecule has 0 unspecified atom stereocenters. The van der Waals surface area contributed by atoms with Crippen LogP contribution < -0.4 is 0 Å². The Bertz CT molecular complexity index is 524. The Kier molecular flexibility index (Phi) is 5.39. The van der Waals surface area contributed by atoms with E-state index in [0.717, 1.165) is 22.9 Å². The number of hydrogen-bond acceptors (Lipinski definition) is 3. The number of carbonyl (C=O) groups is 2. The lowest BCUT2D eigenvalue weighted by Gasteiger charge is -2.31. The summed E-state index contributed by atoms with van der Waals surface area (Å²) in [7, 11) is 0. The Morgan fingerprint density at radius 3 is 2.81 bits per heavy atom. The molecule has 1 saturated heterocycles. The Labute approximate surface area is 133 Å². The van der Waals surface area contributed by atoms with Gasteiger partial charge in [0.2, 0.25) is 0 Å². The third kappa shape index (κ3) is 4.06. The van der Waals surface area contributed by atoms with Crippen molar-refractivity contribution < 1.29 is 14.3 Å². The lowest BCUT2D eigenvalue weighted by Crippen LogP contribution is -2.42. The van der Waals surface area contributed by atoms with Gasteiger partial charge in [-0.2, -0.15) is 0 Å². The minimum atomic E-state index is -0.198. The molecule has 1 aliphatic heterocycles. The van der Waals surface area contributed by atoms with E-state index >= 15 is 0 Å². The summed E-state index contributed by atoms with van der Waals surface area (Å²) in [6, 6.07) is 5.67. The van der Waals surface area contributed by atoms with Crippen molar-refractivity contribution in [2.45, 2.75) is 26.7 Å². The van der Waals surface area contributed by atoms with Gasteiger partial charge in [-0.15, -0.1) is 0 Å². The second kappa shape index (κ2) is 7.07. The van der Waals surface area contributed by atoms with E-state index in [1.165, 1.54) is 0 Å². The Morgan fingerprint density at radius 2 is 2.14 bits per heavy atom. The molecule has 1 amide bonds. The molecular weight excluding hydrogens is 334 g/mol. The molecule has 0 spiro atoms. The van der Waals surface area contributed by atoms with Crippen LogP contribution in [0.3, 0.4) is 0 Å². The first-order valence-corrected chi connectivity index (χ1v) is 8.03. The van der Waals surface area contributed by atoms with Gasteiger partial charge in [0.25, 0.3) is 5.91 Å². The number of amides is 1. The van der Waals surface area contributed by atoms with Gasteiger partial charge in [-0.05, 0) is 50.5 Å². The van der Waals surface area contributed by atoms with E-state index < -0.39 is 0 Å². The number of halogens is 1. The minimum absolute atomic E-state index is 0.0200.